The van der Waals surface area contributed by atoms with Gasteiger partial charge in [-0.1, -0.05) is 55.3 Å². The highest BCUT2D eigenvalue weighted by Crippen LogP contribution is 2.23. The molecule has 0 aliphatic carbocycles. The highest BCUT2D eigenvalue weighted by molar-refractivity contribution is 7.90. The van der Waals surface area contributed by atoms with Crippen LogP contribution in [0.2, 0.25) is 0 Å². The lowest BCUT2D eigenvalue weighted by Gasteiger charge is -2.15. The van der Waals surface area contributed by atoms with Crippen LogP contribution in [0.4, 0.5) is 0 Å². The Kier molecular flexibility index (Phi) is 6.89. The van der Waals surface area contributed by atoms with Gasteiger partial charge in [0.2, 0.25) is 15.0 Å². The summed E-state index contributed by atoms with van der Waals surface area (Å²) in [5.74, 6) is 0.898. The SMILES string of the molecule is CCCC(N)c1nnc(S(=O)(=O)Cc2cccc(OC)c2)n1Cc1ccc(C)cc1. The zero-order valence-corrected chi connectivity index (χ0v) is 18.4. The predicted molar refractivity (Wildman–Crippen MR) is 116 cm³/mol. The Morgan fingerprint density at radius 3 is 2.50 bits per heavy atom. The zero-order chi connectivity index (χ0) is 21.7. The van der Waals surface area contributed by atoms with Crippen molar-refractivity contribution in [3.63, 3.8) is 0 Å². The van der Waals surface area contributed by atoms with Crippen molar-refractivity contribution in [2.75, 3.05) is 7.11 Å². The number of ether oxygens (including phenoxy) is 1. The number of nitrogens with two attached hydrogens (primary N) is 1. The van der Waals surface area contributed by atoms with E-state index < -0.39 is 9.84 Å². The molecule has 160 valence electrons. The molecule has 30 heavy (non-hydrogen) atoms. The molecule has 0 spiro atoms. The fraction of sp³-hybridized carbons (Fsp3) is 0.364. The van der Waals surface area contributed by atoms with Crippen LogP contribution in [0, 0.1) is 6.92 Å². The van der Waals surface area contributed by atoms with Crippen molar-refractivity contribution in [2.24, 2.45) is 5.73 Å². The lowest BCUT2D eigenvalue weighted by molar-refractivity contribution is 0.414. The van der Waals surface area contributed by atoms with E-state index in [-0.39, 0.29) is 17.0 Å². The van der Waals surface area contributed by atoms with Crippen LogP contribution < -0.4 is 10.5 Å². The molecular weight excluding hydrogens is 400 g/mol. The molecule has 0 amide bonds. The number of methoxy groups -OCH3 is 1. The molecule has 0 aliphatic heterocycles. The summed E-state index contributed by atoms with van der Waals surface area (Å²) in [7, 11) is -2.20. The van der Waals surface area contributed by atoms with Crippen molar-refractivity contribution >= 4 is 9.84 Å². The number of aromatic nitrogens is 3. The molecule has 1 atom stereocenters. The van der Waals surface area contributed by atoms with Gasteiger partial charge in [0.15, 0.2) is 5.82 Å². The van der Waals surface area contributed by atoms with E-state index in [1.54, 1.807) is 35.9 Å². The second-order valence-corrected chi connectivity index (χ2v) is 9.30. The van der Waals surface area contributed by atoms with Crippen molar-refractivity contribution in [3.05, 3.63) is 71.0 Å². The second kappa shape index (κ2) is 9.40. The fourth-order valence-corrected chi connectivity index (χ4v) is 4.72. The van der Waals surface area contributed by atoms with Gasteiger partial charge in [0.05, 0.1) is 25.4 Å². The third-order valence-corrected chi connectivity index (χ3v) is 6.48. The van der Waals surface area contributed by atoms with E-state index in [0.29, 0.717) is 30.1 Å². The summed E-state index contributed by atoms with van der Waals surface area (Å²) in [6.07, 6.45) is 1.56. The molecule has 0 aliphatic rings. The summed E-state index contributed by atoms with van der Waals surface area (Å²) < 4.78 is 33.4. The monoisotopic (exact) mass is 428 g/mol. The number of aryl methyl sites for hydroxylation is 1. The van der Waals surface area contributed by atoms with Crippen LogP contribution in [0.25, 0.3) is 0 Å². The standard InChI is InChI=1S/C22H28N4O3S/c1-4-6-20(23)21-24-25-22(26(21)14-17-11-9-16(2)10-12-17)30(27,28)15-18-7-5-8-19(13-18)29-3/h5,7-13,20H,4,6,14-15,23H2,1-3H3. The van der Waals surface area contributed by atoms with Crippen LogP contribution >= 0.6 is 0 Å². The zero-order valence-electron chi connectivity index (χ0n) is 17.6. The Balaban J connectivity index is 2.00. The Hall–Kier alpha value is -2.71. The number of rotatable bonds is 9. The van der Waals surface area contributed by atoms with Crippen LogP contribution in [0.1, 0.15) is 48.3 Å². The minimum atomic E-state index is -3.75. The van der Waals surface area contributed by atoms with Crippen molar-refractivity contribution < 1.29 is 13.2 Å². The van der Waals surface area contributed by atoms with Crippen LogP contribution in [0.15, 0.2) is 53.7 Å². The number of benzene rings is 2. The third kappa shape index (κ3) is 5.06. The van der Waals surface area contributed by atoms with Crippen LogP contribution in [0.5, 0.6) is 5.75 Å². The van der Waals surface area contributed by atoms with Gasteiger partial charge in [0, 0.05) is 0 Å². The smallest absolute Gasteiger partial charge is 0.250 e. The third-order valence-electron chi connectivity index (χ3n) is 4.91. The fourth-order valence-electron chi connectivity index (χ4n) is 3.32. The highest BCUT2D eigenvalue weighted by Gasteiger charge is 2.27. The average Bonchev–Trinajstić information content (AvgIpc) is 3.14. The van der Waals surface area contributed by atoms with E-state index in [1.165, 1.54) is 0 Å². The van der Waals surface area contributed by atoms with Crippen LogP contribution in [-0.2, 0) is 22.1 Å². The molecule has 0 radical (unpaired) electrons. The molecule has 1 heterocycles. The molecule has 1 aromatic heterocycles. The van der Waals surface area contributed by atoms with Crippen molar-refractivity contribution in [3.8, 4) is 5.75 Å². The maximum absolute atomic E-state index is 13.3. The van der Waals surface area contributed by atoms with Gasteiger partial charge in [0.1, 0.15) is 5.75 Å². The van der Waals surface area contributed by atoms with Crippen molar-refractivity contribution in [1.82, 2.24) is 14.8 Å². The van der Waals surface area contributed by atoms with Gasteiger partial charge in [-0.3, -0.25) is 4.57 Å². The number of hydrogen-bond donors (Lipinski definition) is 1. The van der Waals surface area contributed by atoms with E-state index in [1.807, 2.05) is 38.1 Å². The normalized spacial score (nSPS) is 12.7. The topological polar surface area (TPSA) is 100 Å². The molecule has 0 saturated heterocycles. The first-order valence-electron chi connectivity index (χ1n) is 9.94. The van der Waals surface area contributed by atoms with Crippen LogP contribution in [-0.4, -0.2) is 30.3 Å². The van der Waals surface area contributed by atoms with E-state index in [4.69, 9.17) is 10.5 Å². The molecule has 7 nitrogen and oxygen atoms in total. The first kappa shape index (κ1) is 22.0. The van der Waals surface area contributed by atoms with E-state index in [0.717, 1.165) is 17.5 Å². The van der Waals surface area contributed by atoms with Crippen molar-refractivity contribution in [2.45, 2.75) is 50.2 Å². The molecule has 0 saturated carbocycles. The summed E-state index contributed by atoms with van der Waals surface area (Å²) in [5, 5.41) is 8.17. The van der Waals surface area contributed by atoms with Gasteiger partial charge < -0.3 is 10.5 Å². The van der Waals surface area contributed by atoms with Crippen LogP contribution in [0.3, 0.4) is 0 Å². The lowest BCUT2D eigenvalue weighted by atomic mass is 10.1. The Morgan fingerprint density at radius 2 is 1.83 bits per heavy atom. The van der Waals surface area contributed by atoms with Gasteiger partial charge >= 0.3 is 0 Å². The number of hydrogen-bond acceptors (Lipinski definition) is 6. The maximum atomic E-state index is 13.3. The molecule has 3 aromatic rings. The van der Waals surface area contributed by atoms with Gasteiger partial charge in [-0.15, -0.1) is 10.2 Å². The summed E-state index contributed by atoms with van der Waals surface area (Å²) in [5.41, 5.74) is 9.02. The summed E-state index contributed by atoms with van der Waals surface area (Å²) >= 11 is 0. The Morgan fingerprint density at radius 1 is 1.10 bits per heavy atom. The van der Waals surface area contributed by atoms with Crippen molar-refractivity contribution in [1.29, 1.82) is 0 Å². The molecule has 0 fully saturated rings. The molecule has 8 heteroatoms. The van der Waals surface area contributed by atoms with E-state index >= 15 is 0 Å². The summed E-state index contributed by atoms with van der Waals surface area (Å²) in [4.78, 5) is 0. The largest absolute Gasteiger partial charge is 0.497 e. The first-order valence-corrected chi connectivity index (χ1v) is 11.6. The summed E-state index contributed by atoms with van der Waals surface area (Å²) in [6.45, 7) is 4.38. The minimum absolute atomic E-state index is 0.0625. The molecule has 2 aromatic carbocycles. The molecule has 1 unspecified atom stereocenters. The maximum Gasteiger partial charge on any atom is 0.250 e. The first-order chi connectivity index (χ1) is 14.3. The van der Waals surface area contributed by atoms with Gasteiger partial charge in [-0.2, -0.15) is 0 Å². The summed E-state index contributed by atoms with van der Waals surface area (Å²) in [6, 6.07) is 14.6. The van der Waals surface area contributed by atoms with Gasteiger partial charge in [-0.25, -0.2) is 8.42 Å². The average molecular weight is 429 g/mol. The quantitative estimate of drug-likeness (QED) is 0.560. The second-order valence-electron chi connectivity index (χ2n) is 7.42. The number of nitrogens with zero attached hydrogens (tertiary/aromatic N) is 3. The van der Waals surface area contributed by atoms with Gasteiger partial charge in [-0.05, 0) is 36.6 Å². The number of sulfone groups is 1. The highest BCUT2D eigenvalue weighted by atomic mass is 32.2. The Labute approximate surface area is 177 Å². The molecule has 0 bridgehead atoms. The minimum Gasteiger partial charge on any atom is -0.497 e. The van der Waals surface area contributed by atoms with E-state index in [2.05, 4.69) is 10.2 Å². The van der Waals surface area contributed by atoms with Gasteiger partial charge in [0.25, 0.3) is 0 Å². The Bertz CT molecular complexity index is 1090. The molecule has 2 N–H and O–H groups in total. The van der Waals surface area contributed by atoms with E-state index in [9.17, 15) is 8.42 Å². The lowest BCUT2D eigenvalue weighted by Crippen LogP contribution is -2.20. The molecular formula is C22H28N4O3S. The predicted octanol–water partition coefficient (Wildman–Crippen LogP) is 3.42. The molecule has 3 rings (SSSR count).